The third kappa shape index (κ3) is 7.35. The predicted octanol–water partition coefficient (Wildman–Crippen LogP) is -1.35. The molecule has 8 N–H and O–H groups in total. The van der Waals surface area contributed by atoms with Crippen molar-refractivity contribution in [2.24, 2.45) is 17.4 Å². The van der Waals surface area contributed by atoms with Crippen molar-refractivity contribution in [1.29, 1.82) is 0 Å². The van der Waals surface area contributed by atoms with Gasteiger partial charge in [0.25, 0.3) is 0 Å². The molecule has 0 bridgehead atoms. The van der Waals surface area contributed by atoms with Gasteiger partial charge in [-0.2, -0.15) is 0 Å². The van der Waals surface area contributed by atoms with E-state index in [1.165, 1.54) is 12.5 Å². The monoisotopic (exact) mass is 396 g/mol. The van der Waals surface area contributed by atoms with Gasteiger partial charge in [-0.15, -0.1) is 0 Å². The molecule has 1 aromatic heterocycles. The summed E-state index contributed by atoms with van der Waals surface area (Å²) in [5.74, 6) is -3.31. The summed E-state index contributed by atoms with van der Waals surface area (Å²) >= 11 is 0. The van der Waals surface area contributed by atoms with E-state index in [0.29, 0.717) is 12.1 Å². The quantitative estimate of drug-likeness (QED) is 0.251. The van der Waals surface area contributed by atoms with E-state index < -0.39 is 41.8 Å². The van der Waals surface area contributed by atoms with E-state index in [2.05, 4.69) is 20.6 Å². The lowest BCUT2D eigenvalue weighted by Gasteiger charge is -2.24. The molecule has 0 aliphatic carbocycles. The minimum atomic E-state index is -1.25. The third-order valence-electron chi connectivity index (χ3n) is 4.47. The number of carbonyl (C=O) groups excluding carboxylic acids is 3. The maximum Gasteiger partial charge on any atom is 0.326 e. The molecule has 28 heavy (non-hydrogen) atoms. The van der Waals surface area contributed by atoms with Gasteiger partial charge in [-0.1, -0.05) is 20.3 Å². The number of carbonyl (C=O) groups is 4. The maximum absolute atomic E-state index is 12.6. The Hall–Kier alpha value is -2.95. The number of aromatic nitrogens is 2. The standard InChI is InChI=1S/C17H28N6O5/c1-3-9(2)14(19)16(26)22-11(4-5-13(18)24)15(25)23-12(17(27)28)6-10-7-20-8-21-10/h7-9,11-12,14H,3-6,19H2,1-2H3,(H2,18,24)(H,20,21)(H,22,26)(H,23,25)(H,27,28)/t9-,11-,12-,14-/m0/s1. The first-order valence-electron chi connectivity index (χ1n) is 9.00. The van der Waals surface area contributed by atoms with Crippen LogP contribution in [-0.4, -0.2) is 56.9 Å². The van der Waals surface area contributed by atoms with E-state index >= 15 is 0 Å². The van der Waals surface area contributed by atoms with E-state index in [0.717, 1.165) is 0 Å². The number of amides is 3. The number of hydrogen-bond donors (Lipinski definition) is 6. The fraction of sp³-hybridized carbons (Fsp3) is 0.588. The highest BCUT2D eigenvalue weighted by atomic mass is 16.4. The predicted molar refractivity (Wildman–Crippen MR) is 99.6 cm³/mol. The van der Waals surface area contributed by atoms with Crippen LogP contribution in [0.4, 0.5) is 0 Å². The minimum absolute atomic E-state index is 0.0239. The smallest absolute Gasteiger partial charge is 0.326 e. The summed E-state index contributed by atoms with van der Waals surface area (Å²) in [6, 6.07) is -3.22. The van der Waals surface area contributed by atoms with Crippen LogP contribution in [-0.2, 0) is 25.6 Å². The molecule has 0 unspecified atom stereocenters. The molecule has 1 rings (SSSR count). The molecule has 1 aromatic rings. The molecule has 0 spiro atoms. The zero-order chi connectivity index (χ0) is 21.3. The molecule has 11 nitrogen and oxygen atoms in total. The molecule has 11 heteroatoms. The average Bonchev–Trinajstić information content (AvgIpc) is 3.15. The highest BCUT2D eigenvalue weighted by Crippen LogP contribution is 2.07. The Morgan fingerprint density at radius 1 is 1.21 bits per heavy atom. The number of H-pyrrole nitrogens is 1. The minimum Gasteiger partial charge on any atom is -0.480 e. The van der Waals surface area contributed by atoms with Crippen molar-refractivity contribution >= 4 is 23.7 Å². The van der Waals surface area contributed by atoms with E-state index in [9.17, 15) is 24.3 Å². The van der Waals surface area contributed by atoms with Gasteiger partial charge in [0.15, 0.2) is 0 Å². The van der Waals surface area contributed by atoms with Crippen molar-refractivity contribution in [2.45, 2.75) is 57.7 Å². The van der Waals surface area contributed by atoms with Gasteiger partial charge in [-0.25, -0.2) is 9.78 Å². The van der Waals surface area contributed by atoms with Crippen LogP contribution in [0.1, 0.15) is 38.8 Å². The number of hydrogen-bond acceptors (Lipinski definition) is 6. The molecule has 0 aliphatic heterocycles. The molecule has 0 fully saturated rings. The summed E-state index contributed by atoms with van der Waals surface area (Å²) < 4.78 is 0. The van der Waals surface area contributed by atoms with E-state index in [-0.39, 0.29) is 25.2 Å². The first kappa shape index (κ1) is 23.1. The topological polar surface area (TPSA) is 193 Å². The van der Waals surface area contributed by atoms with Crippen molar-refractivity contribution in [2.75, 3.05) is 0 Å². The molecule has 0 aromatic carbocycles. The van der Waals surface area contributed by atoms with Gasteiger partial charge in [0.05, 0.1) is 12.4 Å². The summed E-state index contributed by atoms with van der Waals surface area (Å²) in [6.45, 7) is 3.68. The molecule has 4 atom stereocenters. The summed E-state index contributed by atoms with van der Waals surface area (Å²) in [5, 5.41) is 14.2. The Morgan fingerprint density at radius 2 is 1.86 bits per heavy atom. The molecule has 0 saturated carbocycles. The van der Waals surface area contributed by atoms with E-state index in [1.807, 2.05) is 6.92 Å². The maximum atomic E-state index is 12.6. The molecule has 0 saturated heterocycles. The Bertz CT molecular complexity index is 678. The molecule has 1 heterocycles. The number of carboxylic acids is 1. The molecule has 0 aliphatic rings. The lowest BCUT2D eigenvalue weighted by Crippen LogP contribution is -2.56. The van der Waals surface area contributed by atoms with Crippen molar-refractivity contribution in [3.63, 3.8) is 0 Å². The fourth-order valence-electron chi connectivity index (χ4n) is 2.42. The van der Waals surface area contributed by atoms with Gasteiger partial charge < -0.3 is 32.2 Å². The molecular formula is C17H28N6O5. The van der Waals surface area contributed by atoms with Crippen LogP contribution in [0.5, 0.6) is 0 Å². The lowest BCUT2D eigenvalue weighted by atomic mass is 9.98. The Kier molecular flexibility index (Phi) is 9.09. The first-order valence-corrected chi connectivity index (χ1v) is 9.00. The highest BCUT2D eigenvalue weighted by Gasteiger charge is 2.29. The number of primary amides is 1. The number of imidazole rings is 1. The first-order chi connectivity index (χ1) is 13.1. The van der Waals surface area contributed by atoms with Crippen LogP contribution in [0.2, 0.25) is 0 Å². The second-order valence-corrected chi connectivity index (χ2v) is 6.66. The van der Waals surface area contributed by atoms with Crippen LogP contribution >= 0.6 is 0 Å². The van der Waals surface area contributed by atoms with Gasteiger partial charge in [0.2, 0.25) is 17.7 Å². The number of nitrogens with one attached hydrogen (secondary N) is 3. The highest BCUT2D eigenvalue weighted by molar-refractivity contribution is 5.92. The number of carboxylic acid groups (broad SMARTS) is 1. The SMILES string of the molecule is CC[C@H](C)[C@H](N)C(=O)N[C@@H](CCC(N)=O)C(=O)N[C@@H](Cc1cnc[nH]1)C(=O)O. The second kappa shape index (κ2) is 11.0. The van der Waals surface area contributed by atoms with Crippen molar-refractivity contribution in [3.8, 4) is 0 Å². The second-order valence-electron chi connectivity index (χ2n) is 6.66. The number of aliphatic carboxylic acids is 1. The Labute approximate surface area is 162 Å². The number of rotatable bonds is 12. The number of nitrogens with two attached hydrogens (primary N) is 2. The van der Waals surface area contributed by atoms with Gasteiger partial charge in [-0.05, 0) is 12.3 Å². The van der Waals surface area contributed by atoms with Crippen LogP contribution in [0, 0.1) is 5.92 Å². The van der Waals surface area contributed by atoms with Gasteiger partial charge in [0.1, 0.15) is 12.1 Å². The number of nitrogens with zero attached hydrogens (tertiary/aromatic N) is 1. The largest absolute Gasteiger partial charge is 0.480 e. The lowest BCUT2D eigenvalue weighted by molar-refractivity contribution is -0.142. The Morgan fingerprint density at radius 3 is 2.36 bits per heavy atom. The summed E-state index contributed by atoms with van der Waals surface area (Å²) in [5.41, 5.74) is 11.5. The van der Waals surface area contributed by atoms with Crippen LogP contribution in [0.15, 0.2) is 12.5 Å². The Balaban J connectivity index is 2.85. The van der Waals surface area contributed by atoms with Crippen molar-refractivity contribution in [3.05, 3.63) is 18.2 Å². The summed E-state index contributed by atoms with van der Waals surface area (Å²) in [4.78, 5) is 54.0. The van der Waals surface area contributed by atoms with Crippen LogP contribution < -0.4 is 22.1 Å². The molecule has 156 valence electrons. The van der Waals surface area contributed by atoms with Gasteiger partial charge in [0, 0.05) is 24.7 Å². The third-order valence-corrected chi connectivity index (χ3v) is 4.47. The van der Waals surface area contributed by atoms with Crippen molar-refractivity contribution in [1.82, 2.24) is 20.6 Å². The van der Waals surface area contributed by atoms with Gasteiger partial charge in [-0.3, -0.25) is 14.4 Å². The average molecular weight is 396 g/mol. The summed E-state index contributed by atoms with van der Waals surface area (Å²) in [7, 11) is 0. The molecular weight excluding hydrogens is 368 g/mol. The van der Waals surface area contributed by atoms with E-state index in [4.69, 9.17) is 11.5 Å². The zero-order valence-electron chi connectivity index (χ0n) is 16.0. The number of aromatic amines is 1. The normalized spacial score (nSPS) is 15.1. The van der Waals surface area contributed by atoms with Crippen molar-refractivity contribution < 1.29 is 24.3 Å². The van der Waals surface area contributed by atoms with Gasteiger partial charge >= 0.3 is 5.97 Å². The molecule has 3 amide bonds. The van der Waals surface area contributed by atoms with Crippen LogP contribution in [0.3, 0.4) is 0 Å². The zero-order valence-corrected chi connectivity index (χ0v) is 16.0. The summed E-state index contributed by atoms with van der Waals surface area (Å²) in [6.07, 6.45) is 3.25. The molecule has 0 radical (unpaired) electrons. The van der Waals surface area contributed by atoms with Crippen LogP contribution in [0.25, 0.3) is 0 Å². The van der Waals surface area contributed by atoms with E-state index in [1.54, 1.807) is 6.92 Å². The fourth-order valence-corrected chi connectivity index (χ4v) is 2.42.